The number of halogens is 1. The van der Waals surface area contributed by atoms with Gasteiger partial charge < -0.3 is 10.5 Å². The van der Waals surface area contributed by atoms with Gasteiger partial charge in [-0.3, -0.25) is 5.84 Å². The van der Waals surface area contributed by atoms with E-state index < -0.39 is 5.97 Å². The van der Waals surface area contributed by atoms with Crippen LogP contribution in [0.4, 0.5) is 5.69 Å². The summed E-state index contributed by atoms with van der Waals surface area (Å²) in [5.74, 6) is 4.02. The van der Waals surface area contributed by atoms with Crippen LogP contribution in [0.2, 0.25) is 5.02 Å². The van der Waals surface area contributed by atoms with Crippen molar-refractivity contribution >= 4 is 23.3 Å². The molecule has 0 fully saturated rings. The second kappa shape index (κ2) is 6.23. The molecule has 0 heterocycles. The highest BCUT2D eigenvalue weighted by atomic mass is 35.5. The zero-order valence-electron chi connectivity index (χ0n) is 8.04. The van der Waals surface area contributed by atoms with E-state index in [1.165, 1.54) is 12.1 Å². The highest BCUT2D eigenvalue weighted by Crippen LogP contribution is 2.19. The molecule has 4 nitrogen and oxygen atoms in total. The molecule has 0 bridgehead atoms. The van der Waals surface area contributed by atoms with Gasteiger partial charge in [0.25, 0.3) is 0 Å². The molecule has 0 unspecified atom stereocenters. The molecule has 0 aliphatic heterocycles. The minimum atomic E-state index is -1.06. The lowest BCUT2D eigenvalue weighted by Gasteiger charge is -2.04. The number of aromatic carboxylic acids is 1. The van der Waals surface area contributed by atoms with Gasteiger partial charge >= 0.3 is 5.97 Å². The molecule has 1 rings (SSSR count). The molecule has 0 saturated heterocycles. The first-order valence-corrected chi connectivity index (χ1v) is 4.52. The second-order valence-corrected chi connectivity index (χ2v) is 2.58. The molecule has 0 saturated carbocycles. The van der Waals surface area contributed by atoms with Crippen LogP contribution in [-0.4, -0.2) is 11.1 Å². The average Bonchev–Trinajstić information content (AvgIpc) is 2.20. The molecule has 0 spiro atoms. The first kappa shape index (κ1) is 12.7. The standard InChI is InChI=1S/C7H7ClN2O2.C2H6/c8-4-1-2-6(10-9)5(3-4)7(11)12;1-2/h1-3,10H,9H2,(H,11,12);1-2H3. The minimum absolute atomic E-state index is 0.0602. The molecule has 0 radical (unpaired) electrons. The summed E-state index contributed by atoms with van der Waals surface area (Å²) in [6.07, 6.45) is 0. The quantitative estimate of drug-likeness (QED) is 0.524. The summed E-state index contributed by atoms with van der Waals surface area (Å²) in [7, 11) is 0. The Morgan fingerprint density at radius 2 is 2.07 bits per heavy atom. The normalized spacial score (nSPS) is 8.57. The van der Waals surface area contributed by atoms with Crippen LogP contribution in [0.15, 0.2) is 18.2 Å². The number of benzene rings is 1. The Bertz CT molecular complexity index is 316. The maximum Gasteiger partial charge on any atom is 0.337 e. The minimum Gasteiger partial charge on any atom is -0.478 e. The van der Waals surface area contributed by atoms with Crippen LogP contribution < -0.4 is 11.3 Å². The number of nitrogens with two attached hydrogens (primary N) is 1. The predicted molar refractivity (Wildman–Crippen MR) is 57.6 cm³/mol. The van der Waals surface area contributed by atoms with Crippen molar-refractivity contribution < 1.29 is 9.90 Å². The molecule has 5 heteroatoms. The van der Waals surface area contributed by atoms with Crippen LogP contribution in [0.1, 0.15) is 24.2 Å². The number of carboxylic acid groups (broad SMARTS) is 1. The average molecular weight is 217 g/mol. The maximum atomic E-state index is 10.6. The Morgan fingerprint density at radius 3 is 2.50 bits per heavy atom. The van der Waals surface area contributed by atoms with Crippen molar-refractivity contribution in [3.8, 4) is 0 Å². The number of carbonyl (C=O) groups is 1. The Labute approximate surface area is 87.7 Å². The molecule has 1 aromatic rings. The van der Waals surface area contributed by atoms with E-state index >= 15 is 0 Å². The fourth-order valence-corrected chi connectivity index (χ4v) is 0.991. The highest BCUT2D eigenvalue weighted by molar-refractivity contribution is 6.31. The van der Waals surface area contributed by atoms with Crippen LogP contribution in [0.5, 0.6) is 0 Å². The lowest BCUT2D eigenvalue weighted by molar-refractivity contribution is 0.0698. The van der Waals surface area contributed by atoms with E-state index in [0.29, 0.717) is 10.7 Å². The first-order chi connectivity index (χ1) is 6.65. The summed E-state index contributed by atoms with van der Waals surface area (Å²) in [6.45, 7) is 4.00. The van der Waals surface area contributed by atoms with Crippen molar-refractivity contribution in [1.29, 1.82) is 0 Å². The lowest BCUT2D eigenvalue weighted by Crippen LogP contribution is -2.11. The number of hydrazine groups is 1. The Hall–Kier alpha value is -1.26. The zero-order valence-corrected chi connectivity index (χ0v) is 8.80. The summed E-state index contributed by atoms with van der Waals surface area (Å²) in [6, 6.07) is 4.40. The predicted octanol–water partition coefficient (Wildman–Crippen LogP) is 2.35. The smallest absolute Gasteiger partial charge is 0.337 e. The molecule has 78 valence electrons. The van der Waals surface area contributed by atoms with E-state index in [1.807, 2.05) is 13.8 Å². The number of anilines is 1. The van der Waals surface area contributed by atoms with Crippen molar-refractivity contribution in [2.75, 3.05) is 5.43 Å². The van der Waals surface area contributed by atoms with Crippen LogP contribution in [-0.2, 0) is 0 Å². The Morgan fingerprint density at radius 1 is 1.50 bits per heavy atom. The van der Waals surface area contributed by atoms with Crippen LogP contribution in [0.25, 0.3) is 0 Å². The molecule has 0 atom stereocenters. The molecular weight excluding hydrogens is 204 g/mol. The number of hydrogen-bond donors (Lipinski definition) is 3. The third-order valence-electron chi connectivity index (χ3n) is 1.37. The maximum absolute atomic E-state index is 10.6. The van der Waals surface area contributed by atoms with Gasteiger partial charge in [0.05, 0.1) is 11.3 Å². The second-order valence-electron chi connectivity index (χ2n) is 2.14. The van der Waals surface area contributed by atoms with E-state index in [4.69, 9.17) is 22.6 Å². The fourth-order valence-electron chi connectivity index (χ4n) is 0.819. The number of rotatable bonds is 2. The lowest BCUT2D eigenvalue weighted by atomic mass is 10.2. The SMILES string of the molecule is CC.NNc1ccc(Cl)cc1C(=O)O. The molecular formula is C9H13ClN2O2. The van der Waals surface area contributed by atoms with Crippen molar-refractivity contribution in [3.63, 3.8) is 0 Å². The highest BCUT2D eigenvalue weighted by Gasteiger charge is 2.08. The molecule has 0 aliphatic rings. The summed E-state index contributed by atoms with van der Waals surface area (Å²) in [5.41, 5.74) is 2.66. The third kappa shape index (κ3) is 3.24. The van der Waals surface area contributed by atoms with Gasteiger partial charge in [0.15, 0.2) is 0 Å². The van der Waals surface area contributed by atoms with E-state index in [9.17, 15) is 4.79 Å². The van der Waals surface area contributed by atoms with E-state index in [1.54, 1.807) is 6.07 Å². The van der Waals surface area contributed by atoms with Gasteiger partial charge in [0, 0.05) is 5.02 Å². The largest absolute Gasteiger partial charge is 0.478 e. The van der Waals surface area contributed by atoms with Gasteiger partial charge in [-0.15, -0.1) is 0 Å². The topological polar surface area (TPSA) is 75.3 Å². The molecule has 0 aliphatic carbocycles. The number of carboxylic acids is 1. The Balaban J connectivity index is 0.000000791. The van der Waals surface area contributed by atoms with Crippen molar-refractivity contribution in [3.05, 3.63) is 28.8 Å². The third-order valence-corrected chi connectivity index (χ3v) is 1.60. The summed E-state index contributed by atoms with van der Waals surface area (Å²) in [5, 5.41) is 9.03. The van der Waals surface area contributed by atoms with Gasteiger partial charge in [0.2, 0.25) is 0 Å². The van der Waals surface area contributed by atoms with Crippen LogP contribution >= 0.6 is 11.6 Å². The summed E-state index contributed by atoms with van der Waals surface area (Å²) >= 11 is 5.59. The van der Waals surface area contributed by atoms with Gasteiger partial charge in [-0.25, -0.2) is 4.79 Å². The van der Waals surface area contributed by atoms with Gasteiger partial charge in [-0.05, 0) is 18.2 Å². The zero-order chi connectivity index (χ0) is 11.1. The van der Waals surface area contributed by atoms with Crippen molar-refractivity contribution in [1.82, 2.24) is 0 Å². The fraction of sp³-hybridized carbons (Fsp3) is 0.222. The van der Waals surface area contributed by atoms with Crippen LogP contribution in [0.3, 0.4) is 0 Å². The summed E-state index contributed by atoms with van der Waals surface area (Å²) < 4.78 is 0. The first-order valence-electron chi connectivity index (χ1n) is 4.14. The molecule has 1 aromatic carbocycles. The molecule has 14 heavy (non-hydrogen) atoms. The monoisotopic (exact) mass is 216 g/mol. The van der Waals surface area contributed by atoms with Gasteiger partial charge in [0.1, 0.15) is 0 Å². The van der Waals surface area contributed by atoms with Crippen molar-refractivity contribution in [2.24, 2.45) is 5.84 Å². The number of nitrogen functional groups attached to an aromatic ring is 1. The number of hydrogen-bond acceptors (Lipinski definition) is 3. The number of nitrogens with one attached hydrogen (secondary N) is 1. The molecule has 4 N–H and O–H groups in total. The van der Waals surface area contributed by atoms with E-state index in [-0.39, 0.29) is 5.56 Å². The van der Waals surface area contributed by atoms with Gasteiger partial charge in [-0.2, -0.15) is 0 Å². The Kier molecular flexibility index (Phi) is 5.67. The molecule has 0 aromatic heterocycles. The van der Waals surface area contributed by atoms with Crippen LogP contribution in [0, 0.1) is 0 Å². The van der Waals surface area contributed by atoms with Gasteiger partial charge in [-0.1, -0.05) is 25.4 Å². The van der Waals surface area contributed by atoms with E-state index in [2.05, 4.69) is 5.43 Å². The van der Waals surface area contributed by atoms with E-state index in [0.717, 1.165) is 0 Å². The van der Waals surface area contributed by atoms with Crippen molar-refractivity contribution in [2.45, 2.75) is 13.8 Å². The summed E-state index contributed by atoms with van der Waals surface area (Å²) in [4.78, 5) is 10.6. The molecule has 0 amide bonds.